The topological polar surface area (TPSA) is 43.9 Å². The van der Waals surface area contributed by atoms with Crippen LogP contribution in [0.5, 0.6) is 0 Å². The van der Waals surface area contributed by atoms with Crippen LogP contribution in [0, 0.1) is 13.8 Å². The van der Waals surface area contributed by atoms with E-state index in [4.69, 9.17) is 14.4 Å². The Balaban J connectivity index is 1.34. The summed E-state index contributed by atoms with van der Waals surface area (Å²) in [6.45, 7) is 6.39. The lowest BCUT2D eigenvalue weighted by molar-refractivity contribution is 0.669. The molecule has 0 radical (unpaired) electrons. The molecule has 3 aromatic heterocycles. The van der Waals surface area contributed by atoms with Crippen LogP contribution < -0.4 is 0 Å². The zero-order chi connectivity index (χ0) is 30.5. The van der Waals surface area contributed by atoms with Gasteiger partial charge in [-0.15, -0.1) is 0 Å². The third-order valence-corrected chi connectivity index (χ3v) is 8.67. The lowest BCUT2D eigenvalue weighted by atomic mass is 9.99. The van der Waals surface area contributed by atoms with Gasteiger partial charge in [-0.3, -0.25) is 4.57 Å². The molecule has 0 atom stereocenters. The van der Waals surface area contributed by atoms with Crippen molar-refractivity contribution in [3.05, 3.63) is 144 Å². The van der Waals surface area contributed by atoms with Crippen LogP contribution >= 0.6 is 0 Å². The normalized spacial score (nSPS) is 11.8. The summed E-state index contributed by atoms with van der Waals surface area (Å²) < 4.78 is 8.44. The van der Waals surface area contributed by atoms with Gasteiger partial charge in [0.2, 0.25) is 0 Å². The van der Waals surface area contributed by atoms with Crippen molar-refractivity contribution in [1.29, 1.82) is 0 Å². The molecular formula is C41H31N3O. The second-order valence-electron chi connectivity index (χ2n) is 11.5. The molecule has 0 aliphatic rings. The predicted octanol–water partition coefficient (Wildman–Crippen LogP) is 11.0. The number of allylic oxidation sites excluding steroid dienone is 1. The first-order valence-corrected chi connectivity index (χ1v) is 15.3. The molecule has 4 nitrogen and oxygen atoms in total. The molecule has 0 saturated carbocycles. The van der Waals surface area contributed by atoms with Crippen LogP contribution in [0.4, 0.5) is 0 Å². The number of aromatic nitrogens is 3. The highest BCUT2D eigenvalue weighted by atomic mass is 16.3. The second kappa shape index (κ2) is 10.8. The fourth-order valence-corrected chi connectivity index (χ4v) is 6.50. The molecule has 4 heteroatoms. The SMILES string of the molecule is C/C=C\c1c(C)n(-c2cc(-c3ccccc3)nc(-c3ccccc3)n2)c2ccc(-c3ccc4oc5cccc(C)c5c4c3)cc12. The average Bonchev–Trinajstić information content (AvgIpc) is 3.60. The van der Waals surface area contributed by atoms with Gasteiger partial charge in [0, 0.05) is 44.6 Å². The molecule has 0 amide bonds. The molecule has 0 fully saturated rings. The molecule has 0 spiro atoms. The first-order chi connectivity index (χ1) is 22.1. The zero-order valence-corrected chi connectivity index (χ0v) is 25.5. The van der Waals surface area contributed by atoms with E-state index in [1.165, 1.54) is 21.9 Å². The number of benzene rings is 5. The molecule has 8 rings (SSSR count). The van der Waals surface area contributed by atoms with Gasteiger partial charge in [-0.25, -0.2) is 9.97 Å². The van der Waals surface area contributed by atoms with Crippen molar-refractivity contribution in [2.75, 3.05) is 0 Å². The van der Waals surface area contributed by atoms with E-state index in [1.807, 2.05) is 48.5 Å². The Morgan fingerprint density at radius 1 is 0.622 bits per heavy atom. The first-order valence-electron chi connectivity index (χ1n) is 15.3. The van der Waals surface area contributed by atoms with Crippen LogP contribution in [0.3, 0.4) is 0 Å². The molecule has 45 heavy (non-hydrogen) atoms. The summed E-state index contributed by atoms with van der Waals surface area (Å²) in [5.41, 5.74) is 11.7. The highest BCUT2D eigenvalue weighted by Crippen LogP contribution is 2.37. The maximum Gasteiger partial charge on any atom is 0.162 e. The second-order valence-corrected chi connectivity index (χ2v) is 11.5. The Morgan fingerprint density at radius 2 is 1.33 bits per heavy atom. The highest BCUT2D eigenvalue weighted by molar-refractivity contribution is 6.08. The quantitative estimate of drug-likeness (QED) is 0.203. The van der Waals surface area contributed by atoms with Crippen molar-refractivity contribution in [1.82, 2.24) is 14.5 Å². The third-order valence-electron chi connectivity index (χ3n) is 8.67. The minimum absolute atomic E-state index is 0.702. The molecule has 5 aromatic carbocycles. The fourth-order valence-electron chi connectivity index (χ4n) is 6.50. The number of fused-ring (bicyclic) bond motifs is 4. The van der Waals surface area contributed by atoms with Crippen molar-refractivity contribution in [3.8, 4) is 39.6 Å². The van der Waals surface area contributed by atoms with Gasteiger partial charge in [-0.05, 0) is 67.8 Å². The van der Waals surface area contributed by atoms with Crippen molar-refractivity contribution in [2.24, 2.45) is 0 Å². The maximum atomic E-state index is 6.17. The van der Waals surface area contributed by atoms with E-state index in [1.54, 1.807) is 0 Å². The summed E-state index contributed by atoms with van der Waals surface area (Å²) in [6.07, 6.45) is 4.31. The van der Waals surface area contributed by atoms with Crippen LogP contribution in [0.2, 0.25) is 0 Å². The number of nitrogens with zero attached hydrogens (tertiary/aromatic N) is 3. The van der Waals surface area contributed by atoms with Crippen molar-refractivity contribution < 1.29 is 4.42 Å². The van der Waals surface area contributed by atoms with E-state index in [0.717, 1.165) is 61.5 Å². The van der Waals surface area contributed by atoms with Gasteiger partial charge in [0.05, 0.1) is 11.2 Å². The molecule has 0 saturated heterocycles. The number of rotatable bonds is 5. The number of aryl methyl sites for hydroxylation is 1. The number of hydrogen-bond donors (Lipinski definition) is 0. The molecule has 3 heterocycles. The molecule has 0 aliphatic heterocycles. The minimum Gasteiger partial charge on any atom is -0.456 e. The summed E-state index contributed by atoms with van der Waals surface area (Å²) in [7, 11) is 0. The lowest BCUT2D eigenvalue weighted by Gasteiger charge is -2.13. The van der Waals surface area contributed by atoms with E-state index >= 15 is 0 Å². The molecular weight excluding hydrogens is 550 g/mol. The van der Waals surface area contributed by atoms with Gasteiger partial charge in [-0.2, -0.15) is 0 Å². The Labute approximate surface area is 261 Å². The van der Waals surface area contributed by atoms with Crippen LogP contribution in [0.1, 0.15) is 23.7 Å². The monoisotopic (exact) mass is 581 g/mol. The Kier molecular flexibility index (Phi) is 6.42. The van der Waals surface area contributed by atoms with E-state index < -0.39 is 0 Å². The van der Waals surface area contributed by atoms with Crippen LogP contribution in [0.25, 0.3) is 78.5 Å². The molecule has 216 valence electrons. The van der Waals surface area contributed by atoms with Gasteiger partial charge in [0.25, 0.3) is 0 Å². The van der Waals surface area contributed by atoms with Crippen LogP contribution in [-0.4, -0.2) is 14.5 Å². The van der Waals surface area contributed by atoms with Crippen molar-refractivity contribution in [3.63, 3.8) is 0 Å². The van der Waals surface area contributed by atoms with E-state index in [2.05, 4.69) is 110 Å². The minimum atomic E-state index is 0.702. The summed E-state index contributed by atoms with van der Waals surface area (Å²) in [5, 5.41) is 3.50. The van der Waals surface area contributed by atoms with E-state index in [9.17, 15) is 0 Å². The predicted molar refractivity (Wildman–Crippen MR) is 187 cm³/mol. The van der Waals surface area contributed by atoms with E-state index in [0.29, 0.717) is 5.82 Å². The van der Waals surface area contributed by atoms with Gasteiger partial charge >= 0.3 is 0 Å². The number of hydrogen-bond acceptors (Lipinski definition) is 3. The molecule has 0 bridgehead atoms. The summed E-state index contributed by atoms with van der Waals surface area (Å²) in [5.74, 6) is 1.55. The standard InChI is InChI=1S/C41H31N3O/c1-4-12-32-27(3)44(39-25-35(28-14-7-5-8-15-28)42-41(43-39)29-16-9-6-10-17-29)36-21-19-30(23-33(32)36)31-20-22-37-34(24-31)40-26(2)13-11-18-38(40)45-37/h4-25H,1-3H3/b12-4-. The van der Waals surface area contributed by atoms with Gasteiger partial charge < -0.3 is 4.42 Å². The molecule has 0 aliphatic carbocycles. The van der Waals surface area contributed by atoms with Crippen molar-refractivity contribution in [2.45, 2.75) is 20.8 Å². The molecule has 8 aromatic rings. The van der Waals surface area contributed by atoms with Crippen LogP contribution in [-0.2, 0) is 0 Å². The Bertz CT molecular complexity index is 2340. The average molecular weight is 582 g/mol. The summed E-state index contributed by atoms with van der Waals surface area (Å²) in [4.78, 5) is 10.2. The first kappa shape index (κ1) is 26.9. The fraction of sp³-hybridized carbons (Fsp3) is 0.0732. The highest BCUT2D eigenvalue weighted by Gasteiger charge is 2.19. The lowest BCUT2D eigenvalue weighted by Crippen LogP contribution is -2.04. The molecule has 0 unspecified atom stereocenters. The smallest absolute Gasteiger partial charge is 0.162 e. The van der Waals surface area contributed by atoms with Crippen molar-refractivity contribution >= 4 is 38.9 Å². The zero-order valence-electron chi connectivity index (χ0n) is 25.5. The number of furan rings is 1. The maximum absolute atomic E-state index is 6.17. The Morgan fingerprint density at radius 3 is 2.09 bits per heavy atom. The van der Waals surface area contributed by atoms with E-state index in [-0.39, 0.29) is 0 Å². The summed E-state index contributed by atoms with van der Waals surface area (Å²) in [6, 6.07) is 42.1. The van der Waals surface area contributed by atoms with Gasteiger partial charge in [0.1, 0.15) is 17.0 Å². The largest absolute Gasteiger partial charge is 0.456 e. The van der Waals surface area contributed by atoms with Gasteiger partial charge in [0.15, 0.2) is 5.82 Å². The third kappa shape index (κ3) is 4.54. The summed E-state index contributed by atoms with van der Waals surface area (Å²) >= 11 is 0. The Hall–Kier alpha value is -5.74. The van der Waals surface area contributed by atoms with Crippen LogP contribution in [0.15, 0.2) is 132 Å². The molecule has 0 N–H and O–H groups in total. The van der Waals surface area contributed by atoms with Gasteiger partial charge in [-0.1, -0.05) is 97.1 Å².